The zero-order chi connectivity index (χ0) is 14.1. The van der Waals surface area contributed by atoms with Gasteiger partial charge in [0, 0.05) is 11.6 Å². The quantitative estimate of drug-likeness (QED) is 0.931. The summed E-state index contributed by atoms with van der Waals surface area (Å²) in [6, 6.07) is 10.1. The Kier molecular flexibility index (Phi) is 3.22. The maximum absolute atomic E-state index is 12.9. The van der Waals surface area contributed by atoms with Crippen LogP contribution in [0.25, 0.3) is 11.3 Å². The maximum Gasteiger partial charge on any atom is 0.253 e. The van der Waals surface area contributed by atoms with Gasteiger partial charge in [0.2, 0.25) is 0 Å². The lowest BCUT2D eigenvalue weighted by atomic mass is 10.1. The van der Waals surface area contributed by atoms with E-state index in [0.717, 1.165) is 24.1 Å². The lowest BCUT2D eigenvalue weighted by Crippen LogP contribution is -2.26. The van der Waals surface area contributed by atoms with Crippen LogP contribution in [0.2, 0.25) is 0 Å². The number of nitrogens with zero attached hydrogens (tertiary/aromatic N) is 1. The number of carbonyl (C=O) groups is 1. The number of halogens is 1. The van der Waals surface area contributed by atoms with E-state index in [1.807, 2.05) is 6.92 Å². The molecule has 0 atom stereocenters. The summed E-state index contributed by atoms with van der Waals surface area (Å²) in [5.74, 6) is -0.339. The summed E-state index contributed by atoms with van der Waals surface area (Å²) in [6.07, 6.45) is 2.12. The highest BCUT2D eigenvalue weighted by Gasteiger charge is 2.24. The predicted molar refractivity (Wildman–Crippen MR) is 74.9 cm³/mol. The van der Waals surface area contributed by atoms with Crippen molar-refractivity contribution in [1.29, 1.82) is 0 Å². The van der Waals surface area contributed by atoms with Crippen LogP contribution in [0.15, 0.2) is 36.4 Å². The van der Waals surface area contributed by atoms with Gasteiger partial charge < -0.3 is 5.32 Å². The van der Waals surface area contributed by atoms with E-state index >= 15 is 0 Å². The Morgan fingerprint density at radius 2 is 1.90 bits per heavy atom. The second kappa shape index (κ2) is 5.04. The van der Waals surface area contributed by atoms with Crippen LogP contribution in [-0.4, -0.2) is 16.9 Å². The van der Waals surface area contributed by atoms with E-state index in [9.17, 15) is 9.18 Å². The molecule has 1 aromatic heterocycles. The zero-order valence-electron chi connectivity index (χ0n) is 11.2. The van der Waals surface area contributed by atoms with Crippen molar-refractivity contribution in [2.45, 2.75) is 25.8 Å². The number of carbonyl (C=O) groups excluding carboxylic acids is 1. The van der Waals surface area contributed by atoms with Crippen LogP contribution >= 0.6 is 0 Å². The lowest BCUT2D eigenvalue weighted by Gasteiger charge is -2.08. The van der Waals surface area contributed by atoms with Crippen LogP contribution in [-0.2, 0) is 0 Å². The van der Waals surface area contributed by atoms with Crippen LogP contribution in [0.5, 0.6) is 0 Å². The number of rotatable bonds is 3. The van der Waals surface area contributed by atoms with Crippen molar-refractivity contribution in [1.82, 2.24) is 10.3 Å². The second-order valence-electron chi connectivity index (χ2n) is 5.08. The fourth-order valence-electron chi connectivity index (χ4n) is 2.07. The summed E-state index contributed by atoms with van der Waals surface area (Å²) in [6.45, 7) is 1.81. The molecular formula is C16H15FN2O. The Bertz CT molecular complexity index is 648. The topological polar surface area (TPSA) is 42.0 Å². The fourth-order valence-corrected chi connectivity index (χ4v) is 2.07. The third kappa shape index (κ3) is 2.69. The van der Waals surface area contributed by atoms with Gasteiger partial charge in [-0.1, -0.05) is 0 Å². The standard InChI is InChI=1S/C16H15FN2O/c1-10-14(16(20)19-13-6-7-13)8-9-15(18-10)11-2-4-12(17)5-3-11/h2-5,8-9,13H,6-7H2,1H3,(H,19,20). The first-order chi connectivity index (χ1) is 9.63. The molecule has 0 spiro atoms. The van der Waals surface area contributed by atoms with Gasteiger partial charge in [0.1, 0.15) is 5.82 Å². The summed E-state index contributed by atoms with van der Waals surface area (Å²) in [5.41, 5.74) is 2.86. The highest BCUT2D eigenvalue weighted by Crippen LogP contribution is 2.22. The Morgan fingerprint density at radius 3 is 2.50 bits per heavy atom. The van der Waals surface area contributed by atoms with Gasteiger partial charge >= 0.3 is 0 Å². The summed E-state index contributed by atoms with van der Waals surface area (Å²) in [5, 5.41) is 2.95. The molecule has 0 aliphatic heterocycles. The van der Waals surface area contributed by atoms with Crippen molar-refractivity contribution in [3.05, 3.63) is 53.5 Å². The number of hydrogen-bond donors (Lipinski definition) is 1. The average Bonchev–Trinajstić information content (AvgIpc) is 3.23. The summed E-state index contributed by atoms with van der Waals surface area (Å²) in [7, 11) is 0. The number of aryl methyl sites for hydroxylation is 1. The van der Waals surface area contributed by atoms with Crippen molar-refractivity contribution in [2.24, 2.45) is 0 Å². The van der Waals surface area contributed by atoms with Gasteiger partial charge in [0.05, 0.1) is 17.0 Å². The van der Waals surface area contributed by atoms with E-state index in [0.29, 0.717) is 17.3 Å². The van der Waals surface area contributed by atoms with E-state index < -0.39 is 0 Å². The highest BCUT2D eigenvalue weighted by atomic mass is 19.1. The largest absolute Gasteiger partial charge is 0.349 e. The lowest BCUT2D eigenvalue weighted by molar-refractivity contribution is 0.0950. The Hall–Kier alpha value is -2.23. The van der Waals surface area contributed by atoms with Gasteiger partial charge in [-0.2, -0.15) is 0 Å². The molecule has 2 aromatic rings. The predicted octanol–water partition coefficient (Wildman–Crippen LogP) is 3.09. The molecule has 1 heterocycles. The number of pyridine rings is 1. The molecule has 1 amide bonds. The SMILES string of the molecule is Cc1nc(-c2ccc(F)cc2)ccc1C(=O)NC1CC1. The summed E-state index contributed by atoms with van der Waals surface area (Å²) < 4.78 is 12.9. The molecule has 1 aromatic carbocycles. The molecule has 1 fully saturated rings. The normalized spacial score (nSPS) is 14.1. The Labute approximate surface area is 116 Å². The molecule has 0 radical (unpaired) electrons. The van der Waals surface area contributed by atoms with Crippen molar-refractivity contribution < 1.29 is 9.18 Å². The first-order valence-corrected chi connectivity index (χ1v) is 6.68. The minimum atomic E-state index is -0.272. The smallest absolute Gasteiger partial charge is 0.253 e. The van der Waals surface area contributed by atoms with Crippen LogP contribution in [0.1, 0.15) is 28.9 Å². The van der Waals surface area contributed by atoms with Crippen LogP contribution in [0.3, 0.4) is 0 Å². The minimum Gasteiger partial charge on any atom is -0.349 e. The highest BCUT2D eigenvalue weighted by molar-refractivity contribution is 5.95. The molecule has 1 N–H and O–H groups in total. The van der Waals surface area contributed by atoms with Gasteiger partial charge in [-0.3, -0.25) is 9.78 Å². The van der Waals surface area contributed by atoms with E-state index in [4.69, 9.17) is 0 Å². The number of nitrogens with one attached hydrogen (secondary N) is 1. The van der Waals surface area contributed by atoms with Gasteiger partial charge in [0.25, 0.3) is 5.91 Å². The first-order valence-electron chi connectivity index (χ1n) is 6.68. The average molecular weight is 270 g/mol. The van der Waals surface area contributed by atoms with Crippen molar-refractivity contribution in [3.63, 3.8) is 0 Å². The molecule has 20 heavy (non-hydrogen) atoms. The number of hydrogen-bond acceptors (Lipinski definition) is 2. The van der Waals surface area contributed by atoms with Crippen molar-refractivity contribution >= 4 is 5.91 Å². The van der Waals surface area contributed by atoms with Gasteiger partial charge in [-0.15, -0.1) is 0 Å². The summed E-state index contributed by atoms with van der Waals surface area (Å²) in [4.78, 5) is 16.4. The third-order valence-corrected chi connectivity index (χ3v) is 3.38. The molecule has 0 saturated heterocycles. The first kappa shape index (κ1) is 12.8. The van der Waals surface area contributed by atoms with Gasteiger partial charge in [-0.05, 0) is 56.2 Å². The molecule has 3 rings (SSSR count). The van der Waals surface area contributed by atoms with Gasteiger partial charge in [0.15, 0.2) is 0 Å². The monoisotopic (exact) mass is 270 g/mol. The Balaban J connectivity index is 1.86. The molecule has 3 nitrogen and oxygen atoms in total. The van der Waals surface area contributed by atoms with Crippen molar-refractivity contribution in [3.8, 4) is 11.3 Å². The van der Waals surface area contributed by atoms with Crippen LogP contribution in [0.4, 0.5) is 4.39 Å². The van der Waals surface area contributed by atoms with E-state index in [-0.39, 0.29) is 11.7 Å². The molecule has 0 bridgehead atoms. The third-order valence-electron chi connectivity index (χ3n) is 3.38. The molecule has 1 aliphatic rings. The van der Waals surface area contributed by atoms with E-state index in [1.165, 1.54) is 12.1 Å². The zero-order valence-corrected chi connectivity index (χ0v) is 11.2. The second-order valence-corrected chi connectivity index (χ2v) is 5.08. The van der Waals surface area contributed by atoms with E-state index in [2.05, 4.69) is 10.3 Å². The number of benzene rings is 1. The molecule has 1 saturated carbocycles. The molecular weight excluding hydrogens is 255 g/mol. The molecule has 0 unspecified atom stereocenters. The Morgan fingerprint density at radius 1 is 1.20 bits per heavy atom. The summed E-state index contributed by atoms with van der Waals surface area (Å²) >= 11 is 0. The maximum atomic E-state index is 12.9. The van der Waals surface area contributed by atoms with Crippen LogP contribution in [0, 0.1) is 12.7 Å². The molecule has 102 valence electrons. The molecule has 1 aliphatic carbocycles. The fraction of sp³-hybridized carbons (Fsp3) is 0.250. The number of aromatic nitrogens is 1. The minimum absolute atomic E-state index is 0.0665. The van der Waals surface area contributed by atoms with E-state index in [1.54, 1.807) is 24.3 Å². The van der Waals surface area contributed by atoms with Crippen LogP contribution < -0.4 is 5.32 Å². The molecule has 4 heteroatoms. The van der Waals surface area contributed by atoms with Gasteiger partial charge in [-0.25, -0.2) is 4.39 Å². The van der Waals surface area contributed by atoms with Crippen molar-refractivity contribution in [2.75, 3.05) is 0 Å². The number of amides is 1.